The Balaban J connectivity index is 1.49. The van der Waals surface area contributed by atoms with Crippen LogP contribution in [-0.4, -0.2) is 9.97 Å². The third kappa shape index (κ3) is 3.29. The summed E-state index contributed by atoms with van der Waals surface area (Å²) < 4.78 is 0. The third-order valence-corrected chi connectivity index (χ3v) is 7.12. The molecule has 0 unspecified atom stereocenters. The van der Waals surface area contributed by atoms with Gasteiger partial charge in [-0.05, 0) is 57.0 Å². The summed E-state index contributed by atoms with van der Waals surface area (Å²) in [5.74, 6) is 0. The fourth-order valence-electron chi connectivity index (χ4n) is 5.40. The number of hydrogen-bond donors (Lipinski definition) is 0. The summed E-state index contributed by atoms with van der Waals surface area (Å²) in [5, 5.41) is 21.2. The smallest absolute Gasteiger partial charge is 0.177 e. The lowest BCUT2D eigenvalue weighted by Crippen LogP contribution is -1.97. The van der Waals surface area contributed by atoms with Gasteiger partial charge in [0.05, 0.1) is 11.4 Å². The van der Waals surface area contributed by atoms with Gasteiger partial charge in [-0.2, -0.15) is 10.5 Å². The highest BCUT2D eigenvalue weighted by Gasteiger charge is 2.27. The van der Waals surface area contributed by atoms with Gasteiger partial charge < -0.3 is 0 Å². The van der Waals surface area contributed by atoms with Gasteiger partial charge in [0.2, 0.25) is 0 Å². The second-order valence-corrected chi connectivity index (χ2v) is 9.26. The third-order valence-electron chi connectivity index (χ3n) is 7.12. The highest BCUT2D eigenvalue weighted by Crippen LogP contribution is 2.48. The molecule has 0 spiro atoms. The largest absolute Gasteiger partial charge is 0.232 e. The average Bonchev–Trinajstić information content (AvgIpc) is 3.31. The molecule has 0 fully saturated rings. The number of fused-ring (bicyclic) bond motifs is 3. The molecule has 4 nitrogen and oxygen atoms in total. The Morgan fingerprint density at radius 2 is 0.947 bits per heavy atom. The molecular weight excluding hydrogens is 464 g/mol. The van der Waals surface area contributed by atoms with Gasteiger partial charge in [-0.1, -0.05) is 91.0 Å². The van der Waals surface area contributed by atoms with Crippen LogP contribution in [0.5, 0.6) is 0 Å². The maximum Gasteiger partial charge on any atom is 0.177 e. The van der Waals surface area contributed by atoms with Crippen molar-refractivity contribution in [2.45, 2.75) is 0 Å². The number of benzene rings is 5. The summed E-state index contributed by atoms with van der Waals surface area (Å²) in [6, 6.07) is 41.9. The molecule has 0 amide bonds. The van der Waals surface area contributed by atoms with Crippen molar-refractivity contribution in [1.29, 1.82) is 10.5 Å². The monoisotopic (exact) mass is 482 g/mol. The van der Waals surface area contributed by atoms with E-state index < -0.39 is 0 Å². The van der Waals surface area contributed by atoms with E-state index in [-0.39, 0.29) is 11.4 Å². The molecule has 38 heavy (non-hydrogen) atoms. The molecule has 1 aromatic heterocycles. The van der Waals surface area contributed by atoms with E-state index in [1.165, 1.54) is 0 Å². The normalized spacial score (nSPS) is 11.1. The molecular formula is C34H18N4. The van der Waals surface area contributed by atoms with Crippen LogP contribution in [0.25, 0.3) is 66.7 Å². The Morgan fingerprint density at radius 1 is 0.447 bits per heavy atom. The fourth-order valence-corrected chi connectivity index (χ4v) is 5.40. The van der Waals surface area contributed by atoms with Crippen LogP contribution in [0.1, 0.15) is 11.4 Å². The van der Waals surface area contributed by atoms with Gasteiger partial charge in [-0.3, -0.25) is 0 Å². The first-order valence-electron chi connectivity index (χ1n) is 12.3. The standard InChI is InChI=1S/C34H18N4/c35-19-30-31(20-36)38-34-29-15-14-26(27-12-7-13-28(32(27)29)33(34)37-30)25-17-23(21-8-3-1-4-9-21)16-24(18-25)22-10-5-2-6-11-22/h1-18H. The van der Waals surface area contributed by atoms with Crippen LogP contribution in [0.2, 0.25) is 0 Å². The van der Waals surface area contributed by atoms with E-state index >= 15 is 0 Å². The molecule has 4 heteroatoms. The zero-order chi connectivity index (χ0) is 25.6. The van der Waals surface area contributed by atoms with Crippen molar-refractivity contribution in [3.8, 4) is 68.0 Å². The van der Waals surface area contributed by atoms with Crippen molar-refractivity contribution < 1.29 is 0 Å². The predicted octanol–water partition coefficient (Wildman–Crippen LogP) is 8.02. The molecule has 0 aliphatic heterocycles. The molecule has 1 aliphatic carbocycles. The van der Waals surface area contributed by atoms with Crippen molar-refractivity contribution in [1.82, 2.24) is 9.97 Å². The van der Waals surface area contributed by atoms with Crippen LogP contribution < -0.4 is 0 Å². The minimum Gasteiger partial charge on any atom is -0.232 e. The van der Waals surface area contributed by atoms with Gasteiger partial charge in [-0.25, -0.2) is 9.97 Å². The van der Waals surface area contributed by atoms with Gasteiger partial charge >= 0.3 is 0 Å². The number of aromatic nitrogens is 2. The van der Waals surface area contributed by atoms with E-state index in [4.69, 9.17) is 0 Å². The summed E-state index contributed by atoms with van der Waals surface area (Å²) in [6.07, 6.45) is 0. The maximum atomic E-state index is 9.52. The highest BCUT2D eigenvalue weighted by molar-refractivity contribution is 6.17. The van der Waals surface area contributed by atoms with Crippen LogP contribution in [0.4, 0.5) is 0 Å². The molecule has 7 rings (SSSR count). The first-order valence-corrected chi connectivity index (χ1v) is 12.3. The number of hydrogen-bond acceptors (Lipinski definition) is 4. The Kier molecular flexibility index (Phi) is 4.86. The van der Waals surface area contributed by atoms with Crippen molar-refractivity contribution in [2.75, 3.05) is 0 Å². The lowest BCUT2D eigenvalue weighted by molar-refractivity contribution is 1.15. The second kappa shape index (κ2) is 8.52. The topological polar surface area (TPSA) is 73.4 Å². The van der Waals surface area contributed by atoms with E-state index in [1.54, 1.807) is 0 Å². The fraction of sp³-hybridized carbons (Fsp3) is 0. The van der Waals surface area contributed by atoms with Gasteiger partial charge in [0, 0.05) is 16.5 Å². The SMILES string of the molecule is N#Cc1nc2c(nc1C#N)-c1ccc(-c3cc(-c4ccccc4)cc(-c4ccccc4)c3)c3cccc-2c13. The summed E-state index contributed by atoms with van der Waals surface area (Å²) in [5.41, 5.74) is 10.1. The summed E-state index contributed by atoms with van der Waals surface area (Å²) >= 11 is 0. The first kappa shape index (κ1) is 21.7. The average molecular weight is 483 g/mol. The quantitative estimate of drug-likeness (QED) is 0.256. The highest BCUT2D eigenvalue weighted by atomic mass is 14.9. The Labute approximate surface area is 219 Å². The van der Waals surface area contributed by atoms with Gasteiger partial charge in [0.1, 0.15) is 12.1 Å². The van der Waals surface area contributed by atoms with E-state index in [2.05, 4.69) is 94.9 Å². The molecule has 0 saturated carbocycles. The molecule has 0 N–H and O–H groups in total. The van der Waals surface area contributed by atoms with Crippen molar-refractivity contribution in [2.24, 2.45) is 0 Å². The summed E-state index contributed by atoms with van der Waals surface area (Å²) in [6.45, 7) is 0. The van der Waals surface area contributed by atoms with Gasteiger partial charge in [0.25, 0.3) is 0 Å². The lowest BCUT2D eigenvalue weighted by Gasteiger charge is -2.14. The Bertz CT molecular complexity index is 1870. The minimum absolute atomic E-state index is 0.0550. The molecule has 1 heterocycles. The van der Waals surface area contributed by atoms with Crippen LogP contribution in [0.3, 0.4) is 0 Å². The minimum atomic E-state index is 0.0550. The van der Waals surface area contributed by atoms with Crippen LogP contribution in [0.15, 0.2) is 109 Å². The number of nitrogens with zero attached hydrogens (tertiary/aromatic N) is 4. The number of rotatable bonds is 3. The zero-order valence-corrected chi connectivity index (χ0v) is 20.2. The molecule has 1 aliphatic rings. The van der Waals surface area contributed by atoms with Crippen LogP contribution >= 0.6 is 0 Å². The lowest BCUT2D eigenvalue weighted by atomic mass is 9.90. The Hall–Kier alpha value is -5.58. The van der Waals surface area contributed by atoms with E-state index in [0.717, 1.165) is 55.3 Å². The first-order chi connectivity index (χ1) is 18.7. The zero-order valence-electron chi connectivity index (χ0n) is 20.2. The van der Waals surface area contributed by atoms with Gasteiger partial charge in [-0.15, -0.1) is 0 Å². The van der Waals surface area contributed by atoms with E-state index in [9.17, 15) is 10.5 Å². The van der Waals surface area contributed by atoms with E-state index in [1.807, 2.05) is 36.4 Å². The molecule has 6 aromatic rings. The molecule has 5 aromatic carbocycles. The molecule has 0 radical (unpaired) electrons. The van der Waals surface area contributed by atoms with E-state index in [0.29, 0.717) is 11.4 Å². The van der Waals surface area contributed by atoms with Crippen molar-refractivity contribution >= 4 is 10.8 Å². The van der Waals surface area contributed by atoms with Crippen LogP contribution in [-0.2, 0) is 0 Å². The Morgan fingerprint density at radius 3 is 1.50 bits per heavy atom. The summed E-state index contributed by atoms with van der Waals surface area (Å²) in [7, 11) is 0. The molecule has 0 saturated heterocycles. The maximum absolute atomic E-state index is 9.52. The molecule has 174 valence electrons. The van der Waals surface area contributed by atoms with Crippen molar-refractivity contribution in [3.05, 3.63) is 121 Å². The molecule has 0 bridgehead atoms. The van der Waals surface area contributed by atoms with Crippen molar-refractivity contribution in [3.63, 3.8) is 0 Å². The summed E-state index contributed by atoms with van der Waals surface area (Å²) in [4.78, 5) is 9.09. The second-order valence-electron chi connectivity index (χ2n) is 9.26. The van der Waals surface area contributed by atoms with Crippen LogP contribution in [0, 0.1) is 22.7 Å². The molecule has 0 atom stereocenters. The number of nitriles is 2. The predicted molar refractivity (Wildman–Crippen MR) is 150 cm³/mol. The van der Waals surface area contributed by atoms with Gasteiger partial charge in [0.15, 0.2) is 11.4 Å².